The van der Waals surface area contributed by atoms with Gasteiger partial charge < -0.3 is 15.2 Å². The second kappa shape index (κ2) is 13.0. The van der Waals surface area contributed by atoms with Crippen LogP contribution in [0.5, 0.6) is 0 Å². The standard InChI is InChI=1S/C31H36Cl2N6O5S/c1-30(2,16-31(3,4)29(41)38-42)17-34-45(43,44)20-9-10-21(24(33)15-20)28(40)35-18-7-11-23(32)22(13-18)27-36-25-12-8-19(39(5)6)14-26(25)37-27/h7-15,34,42H,16-17H2,1-6H3,(H,35,40)(H,36,37)(H,38,41). The molecule has 1 aromatic heterocycles. The second-order valence-electron chi connectivity index (χ2n) is 12.5. The van der Waals surface area contributed by atoms with E-state index in [1.165, 1.54) is 18.2 Å². The number of amides is 2. The number of aromatic nitrogens is 2. The molecular formula is C31H36Cl2N6O5S. The van der Waals surface area contributed by atoms with Crippen molar-refractivity contribution < 1.29 is 23.2 Å². The Balaban J connectivity index is 1.49. The zero-order valence-corrected chi connectivity index (χ0v) is 28.1. The fourth-order valence-electron chi connectivity index (χ4n) is 5.10. The van der Waals surface area contributed by atoms with Crippen molar-refractivity contribution in [1.29, 1.82) is 0 Å². The molecule has 0 saturated carbocycles. The molecule has 0 fully saturated rings. The number of rotatable bonds is 11. The van der Waals surface area contributed by atoms with Gasteiger partial charge in [0, 0.05) is 43.0 Å². The third-order valence-corrected chi connectivity index (χ3v) is 9.38. The summed E-state index contributed by atoms with van der Waals surface area (Å²) >= 11 is 12.9. The molecule has 1 heterocycles. The maximum Gasteiger partial charge on any atom is 0.257 e. The van der Waals surface area contributed by atoms with E-state index in [-0.39, 0.29) is 28.4 Å². The van der Waals surface area contributed by atoms with E-state index in [2.05, 4.69) is 20.0 Å². The van der Waals surface area contributed by atoms with Gasteiger partial charge in [0.1, 0.15) is 5.82 Å². The molecule has 11 nitrogen and oxygen atoms in total. The SMILES string of the molecule is CN(C)c1ccc2nc(-c3cc(NC(=O)c4ccc(S(=O)(=O)NCC(C)(C)CC(C)(C)C(=O)NO)cc4Cl)ccc3Cl)[nH]c2c1. The molecule has 0 radical (unpaired) electrons. The third-order valence-electron chi connectivity index (χ3n) is 7.33. The molecule has 0 atom stereocenters. The molecule has 0 aliphatic carbocycles. The van der Waals surface area contributed by atoms with Crippen LogP contribution in [0, 0.1) is 10.8 Å². The first-order chi connectivity index (χ1) is 20.9. The lowest BCUT2D eigenvalue weighted by atomic mass is 9.75. The zero-order valence-electron chi connectivity index (χ0n) is 25.7. The Bertz CT molecular complexity index is 1870. The van der Waals surface area contributed by atoms with Crippen molar-refractivity contribution in [3.63, 3.8) is 0 Å². The van der Waals surface area contributed by atoms with Crippen molar-refractivity contribution in [2.24, 2.45) is 10.8 Å². The first-order valence-electron chi connectivity index (χ1n) is 13.9. The fraction of sp³-hybridized carbons (Fsp3) is 0.323. The van der Waals surface area contributed by atoms with E-state index in [1.54, 1.807) is 51.4 Å². The van der Waals surface area contributed by atoms with Crippen LogP contribution in [0.25, 0.3) is 22.4 Å². The number of carbonyl (C=O) groups excluding carboxylic acids is 2. The molecule has 0 unspecified atom stereocenters. The van der Waals surface area contributed by atoms with Crippen molar-refractivity contribution in [3.05, 3.63) is 70.2 Å². The summed E-state index contributed by atoms with van der Waals surface area (Å²) in [6.07, 6.45) is 0.287. The average Bonchev–Trinajstić information content (AvgIpc) is 3.39. The van der Waals surface area contributed by atoms with Gasteiger partial charge in [-0.05, 0) is 66.4 Å². The van der Waals surface area contributed by atoms with Crippen LogP contribution in [0.2, 0.25) is 10.0 Å². The summed E-state index contributed by atoms with van der Waals surface area (Å²) in [5, 5.41) is 12.2. The van der Waals surface area contributed by atoms with Crippen LogP contribution >= 0.6 is 23.2 Å². The van der Waals surface area contributed by atoms with Gasteiger partial charge in [0.15, 0.2) is 0 Å². The van der Waals surface area contributed by atoms with E-state index < -0.39 is 32.7 Å². The Labute approximate surface area is 272 Å². The largest absolute Gasteiger partial charge is 0.378 e. The van der Waals surface area contributed by atoms with Crippen LogP contribution in [0.15, 0.2) is 59.5 Å². The Kier molecular flexibility index (Phi) is 9.86. The smallest absolute Gasteiger partial charge is 0.257 e. The van der Waals surface area contributed by atoms with Crippen LogP contribution in [0.3, 0.4) is 0 Å². The lowest BCUT2D eigenvalue weighted by Gasteiger charge is -2.33. The van der Waals surface area contributed by atoms with Crippen molar-refractivity contribution in [2.45, 2.75) is 39.0 Å². The van der Waals surface area contributed by atoms with Crippen LogP contribution < -0.4 is 20.4 Å². The number of hydrogen-bond acceptors (Lipinski definition) is 7. The van der Waals surface area contributed by atoms with Crippen LogP contribution in [0.4, 0.5) is 11.4 Å². The second-order valence-corrected chi connectivity index (χ2v) is 15.0. The minimum absolute atomic E-state index is 0.0122. The van der Waals surface area contributed by atoms with Gasteiger partial charge in [-0.2, -0.15) is 0 Å². The summed E-state index contributed by atoms with van der Waals surface area (Å²) < 4.78 is 28.7. The molecule has 14 heteroatoms. The molecule has 240 valence electrons. The first kappa shape index (κ1) is 34.2. The number of nitrogens with one attached hydrogen (secondary N) is 4. The van der Waals surface area contributed by atoms with Gasteiger partial charge >= 0.3 is 0 Å². The summed E-state index contributed by atoms with van der Waals surface area (Å²) in [6.45, 7) is 6.93. The number of hydroxylamine groups is 1. The van der Waals surface area contributed by atoms with E-state index in [4.69, 9.17) is 28.4 Å². The highest BCUT2D eigenvalue weighted by Crippen LogP contribution is 2.34. The van der Waals surface area contributed by atoms with E-state index in [9.17, 15) is 18.0 Å². The quantitative estimate of drug-likeness (QED) is 0.0953. The number of sulfonamides is 1. The van der Waals surface area contributed by atoms with E-state index in [1.807, 2.05) is 37.2 Å². The summed E-state index contributed by atoms with van der Waals surface area (Å²) in [5.41, 5.74) is 3.77. The maximum atomic E-state index is 13.2. The molecule has 5 N–H and O–H groups in total. The topological polar surface area (TPSA) is 157 Å². The fourth-order valence-corrected chi connectivity index (χ4v) is 6.90. The molecule has 4 aromatic rings. The molecule has 3 aromatic carbocycles. The molecule has 0 aliphatic rings. The molecule has 0 aliphatic heterocycles. The van der Waals surface area contributed by atoms with Crippen molar-refractivity contribution in [2.75, 3.05) is 30.9 Å². The van der Waals surface area contributed by atoms with Crippen molar-refractivity contribution in [1.82, 2.24) is 20.2 Å². The number of hydrogen-bond donors (Lipinski definition) is 5. The number of imidazole rings is 1. The van der Waals surface area contributed by atoms with Gasteiger partial charge in [0.2, 0.25) is 15.9 Å². The number of fused-ring (bicyclic) bond motifs is 1. The van der Waals surface area contributed by atoms with Gasteiger partial charge in [-0.1, -0.05) is 50.9 Å². The highest BCUT2D eigenvalue weighted by molar-refractivity contribution is 7.89. The average molecular weight is 676 g/mol. The molecule has 45 heavy (non-hydrogen) atoms. The summed E-state index contributed by atoms with van der Waals surface area (Å²) in [6, 6.07) is 14.7. The highest BCUT2D eigenvalue weighted by Gasteiger charge is 2.35. The lowest BCUT2D eigenvalue weighted by Crippen LogP contribution is -2.42. The number of halogens is 2. The van der Waals surface area contributed by atoms with Gasteiger partial charge in [0.05, 0.1) is 31.5 Å². The summed E-state index contributed by atoms with van der Waals surface area (Å²) in [5.74, 6) is -0.580. The Morgan fingerprint density at radius 2 is 1.69 bits per heavy atom. The van der Waals surface area contributed by atoms with E-state index >= 15 is 0 Å². The van der Waals surface area contributed by atoms with Gasteiger partial charge in [-0.15, -0.1) is 0 Å². The highest BCUT2D eigenvalue weighted by atomic mass is 35.5. The zero-order chi connectivity index (χ0) is 33.3. The minimum atomic E-state index is -4.00. The molecule has 0 bridgehead atoms. The van der Waals surface area contributed by atoms with Crippen LogP contribution in [0.1, 0.15) is 44.5 Å². The van der Waals surface area contributed by atoms with E-state index in [0.29, 0.717) is 22.1 Å². The molecule has 2 amide bonds. The van der Waals surface area contributed by atoms with Gasteiger partial charge in [-0.3, -0.25) is 14.8 Å². The van der Waals surface area contributed by atoms with Crippen LogP contribution in [-0.4, -0.2) is 56.0 Å². The van der Waals surface area contributed by atoms with Crippen molar-refractivity contribution in [3.8, 4) is 11.4 Å². The molecule has 4 rings (SSSR count). The summed E-state index contributed by atoms with van der Waals surface area (Å²) in [4.78, 5) is 34.9. The maximum absolute atomic E-state index is 13.2. The lowest BCUT2D eigenvalue weighted by molar-refractivity contribution is -0.139. The minimum Gasteiger partial charge on any atom is -0.378 e. The number of benzene rings is 3. The predicted molar refractivity (Wildman–Crippen MR) is 178 cm³/mol. The Morgan fingerprint density at radius 3 is 2.33 bits per heavy atom. The first-order valence-corrected chi connectivity index (χ1v) is 16.2. The number of H-pyrrole nitrogens is 1. The molecular weight excluding hydrogens is 639 g/mol. The van der Waals surface area contributed by atoms with Crippen molar-refractivity contribution >= 4 is 67.4 Å². The number of aromatic amines is 1. The van der Waals surface area contributed by atoms with Crippen LogP contribution in [-0.2, 0) is 14.8 Å². The Morgan fingerprint density at radius 1 is 0.978 bits per heavy atom. The predicted octanol–water partition coefficient (Wildman–Crippen LogP) is 6.08. The third kappa shape index (κ3) is 7.95. The van der Waals surface area contributed by atoms with Gasteiger partial charge in [0.25, 0.3) is 5.91 Å². The van der Waals surface area contributed by atoms with E-state index in [0.717, 1.165) is 16.7 Å². The normalized spacial score (nSPS) is 12.3. The molecule has 0 spiro atoms. The molecule has 0 saturated heterocycles. The number of anilines is 2. The summed E-state index contributed by atoms with van der Waals surface area (Å²) in [7, 11) is -0.103. The number of carbonyl (C=O) groups is 2. The van der Waals surface area contributed by atoms with Gasteiger partial charge in [-0.25, -0.2) is 23.6 Å². The number of nitrogens with zero attached hydrogens (tertiary/aromatic N) is 2. The monoisotopic (exact) mass is 674 g/mol. The Hall–Kier alpha value is -3.68.